The van der Waals surface area contributed by atoms with E-state index in [2.05, 4.69) is 16.2 Å². The molecule has 10 nitrogen and oxygen atoms in total. The van der Waals surface area contributed by atoms with Gasteiger partial charge in [0.2, 0.25) is 11.8 Å². The number of rotatable bonds is 10. The number of para-hydroxylation sites is 2. The van der Waals surface area contributed by atoms with Crippen molar-refractivity contribution in [2.45, 2.75) is 13.3 Å². The molecule has 4 rings (SSSR count). The van der Waals surface area contributed by atoms with Gasteiger partial charge in [-0.05, 0) is 55.0 Å². The van der Waals surface area contributed by atoms with Gasteiger partial charge in [-0.1, -0.05) is 24.3 Å². The van der Waals surface area contributed by atoms with Crippen molar-refractivity contribution in [3.63, 3.8) is 0 Å². The zero-order valence-corrected chi connectivity index (χ0v) is 21.4. The molecule has 0 radical (unpaired) electrons. The molecule has 3 aromatic carbocycles. The number of hydrazine groups is 1. The summed E-state index contributed by atoms with van der Waals surface area (Å²) in [6, 6.07) is 19.6. The summed E-state index contributed by atoms with van der Waals surface area (Å²) in [4.78, 5) is 39.5. The van der Waals surface area contributed by atoms with E-state index in [1.165, 1.54) is 7.11 Å². The summed E-state index contributed by atoms with van der Waals surface area (Å²) in [6.45, 7) is 1.88. The number of nitrogens with zero attached hydrogens (tertiary/aromatic N) is 1. The standard InChI is InChI=1S/C28H30N4O6/c1-18-7-4-5-8-22(18)29-25(33)17-38-27-23(9-6-10-24(27)37-3)30-31-28(35)19-15-26(34)32(16-19)20-11-13-21(36-2)14-12-20/h4-14,19,30H,15-17H2,1-3H3,(H,29,33)(H,31,35)/t19-/m0/s1. The van der Waals surface area contributed by atoms with E-state index in [1.807, 2.05) is 31.2 Å². The fourth-order valence-corrected chi connectivity index (χ4v) is 4.09. The van der Waals surface area contributed by atoms with Crippen molar-refractivity contribution in [2.24, 2.45) is 5.92 Å². The minimum absolute atomic E-state index is 0.0834. The molecule has 3 N–H and O–H groups in total. The Morgan fingerprint density at radius 1 is 0.947 bits per heavy atom. The van der Waals surface area contributed by atoms with Crippen molar-refractivity contribution in [1.29, 1.82) is 0 Å². The van der Waals surface area contributed by atoms with Crippen molar-refractivity contribution in [1.82, 2.24) is 5.43 Å². The van der Waals surface area contributed by atoms with Gasteiger partial charge in [0.25, 0.3) is 5.91 Å². The molecule has 1 aliphatic heterocycles. The lowest BCUT2D eigenvalue weighted by Crippen LogP contribution is -2.36. The van der Waals surface area contributed by atoms with E-state index in [1.54, 1.807) is 54.5 Å². The minimum atomic E-state index is -0.549. The van der Waals surface area contributed by atoms with E-state index in [9.17, 15) is 14.4 Å². The van der Waals surface area contributed by atoms with E-state index < -0.39 is 5.92 Å². The molecule has 0 saturated carbocycles. The number of carbonyl (C=O) groups is 3. The molecule has 0 aliphatic carbocycles. The topological polar surface area (TPSA) is 118 Å². The van der Waals surface area contributed by atoms with Gasteiger partial charge < -0.3 is 24.4 Å². The first kappa shape index (κ1) is 26.3. The fourth-order valence-electron chi connectivity index (χ4n) is 4.09. The monoisotopic (exact) mass is 518 g/mol. The molecule has 0 aromatic heterocycles. The van der Waals surface area contributed by atoms with Gasteiger partial charge in [-0.15, -0.1) is 0 Å². The van der Waals surface area contributed by atoms with Crippen molar-refractivity contribution in [2.75, 3.05) is 43.0 Å². The lowest BCUT2D eigenvalue weighted by Gasteiger charge is -2.19. The highest BCUT2D eigenvalue weighted by Crippen LogP contribution is 2.35. The number of benzene rings is 3. The first-order valence-electron chi connectivity index (χ1n) is 12.0. The van der Waals surface area contributed by atoms with Gasteiger partial charge in [-0.2, -0.15) is 0 Å². The third-order valence-electron chi connectivity index (χ3n) is 6.17. The Labute approximate surface area is 220 Å². The van der Waals surface area contributed by atoms with Crippen LogP contribution in [-0.2, 0) is 14.4 Å². The molecular formula is C28H30N4O6. The highest BCUT2D eigenvalue weighted by Gasteiger charge is 2.35. The quantitative estimate of drug-likeness (QED) is 0.352. The molecule has 1 aliphatic rings. The molecule has 0 unspecified atom stereocenters. The van der Waals surface area contributed by atoms with Crippen LogP contribution in [0.2, 0.25) is 0 Å². The zero-order valence-electron chi connectivity index (χ0n) is 21.4. The Hall–Kier alpha value is -4.73. The summed E-state index contributed by atoms with van der Waals surface area (Å²) < 4.78 is 16.3. The number of aryl methyl sites for hydroxylation is 1. The maximum atomic E-state index is 12.9. The predicted octanol–water partition coefficient (Wildman–Crippen LogP) is 3.53. The average molecular weight is 519 g/mol. The molecule has 1 saturated heterocycles. The van der Waals surface area contributed by atoms with E-state index in [0.717, 1.165) is 5.56 Å². The second-order valence-electron chi connectivity index (χ2n) is 8.71. The minimum Gasteiger partial charge on any atom is -0.497 e. The van der Waals surface area contributed by atoms with Crippen LogP contribution in [0.25, 0.3) is 0 Å². The number of hydrogen-bond donors (Lipinski definition) is 3. The Morgan fingerprint density at radius 3 is 2.39 bits per heavy atom. The van der Waals surface area contributed by atoms with Crippen molar-refractivity contribution in [3.05, 3.63) is 72.3 Å². The maximum absolute atomic E-state index is 12.9. The van der Waals surface area contributed by atoms with Gasteiger partial charge in [0, 0.05) is 24.3 Å². The number of amides is 3. The molecular weight excluding hydrogens is 488 g/mol. The second kappa shape index (κ2) is 12.0. The smallest absolute Gasteiger partial charge is 0.262 e. The average Bonchev–Trinajstić information content (AvgIpc) is 3.33. The number of methoxy groups -OCH3 is 2. The van der Waals surface area contributed by atoms with Crippen LogP contribution < -0.4 is 35.3 Å². The van der Waals surface area contributed by atoms with Gasteiger partial charge >= 0.3 is 0 Å². The van der Waals surface area contributed by atoms with Crippen LogP contribution in [0.3, 0.4) is 0 Å². The highest BCUT2D eigenvalue weighted by molar-refractivity contribution is 6.00. The van der Waals surface area contributed by atoms with Gasteiger partial charge in [0.1, 0.15) is 5.75 Å². The summed E-state index contributed by atoms with van der Waals surface area (Å²) in [7, 11) is 3.05. The van der Waals surface area contributed by atoms with E-state index in [0.29, 0.717) is 28.6 Å². The van der Waals surface area contributed by atoms with Gasteiger partial charge in [-0.3, -0.25) is 25.2 Å². The molecule has 1 fully saturated rings. The maximum Gasteiger partial charge on any atom is 0.262 e. The largest absolute Gasteiger partial charge is 0.497 e. The van der Waals surface area contributed by atoms with Crippen LogP contribution in [0.1, 0.15) is 12.0 Å². The molecule has 198 valence electrons. The summed E-state index contributed by atoms with van der Waals surface area (Å²) >= 11 is 0. The molecule has 10 heteroatoms. The van der Waals surface area contributed by atoms with E-state index in [4.69, 9.17) is 14.2 Å². The third kappa shape index (κ3) is 6.15. The predicted molar refractivity (Wildman–Crippen MR) is 144 cm³/mol. The van der Waals surface area contributed by atoms with Crippen LogP contribution in [-0.4, -0.2) is 45.1 Å². The van der Waals surface area contributed by atoms with Gasteiger partial charge in [-0.25, -0.2) is 0 Å². The number of ether oxygens (including phenoxy) is 3. The lowest BCUT2D eigenvalue weighted by molar-refractivity contribution is -0.125. The number of nitrogens with one attached hydrogen (secondary N) is 3. The van der Waals surface area contributed by atoms with E-state index in [-0.39, 0.29) is 43.0 Å². The third-order valence-corrected chi connectivity index (χ3v) is 6.17. The van der Waals surface area contributed by atoms with Crippen LogP contribution in [0.15, 0.2) is 66.7 Å². The SMILES string of the molecule is COc1ccc(N2C[C@@H](C(=O)NNc3cccc(OC)c3OCC(=O)Nc3ccccc3C)CC2=O)cc1. The molecule has 3 aromatic rings. The van der Waals surface area contributed by atoms with Gasteiger partial charge in [0.05, 0.1) is 25.8 Å². The Kier molecular flexibility index (Phi) is 8.32. The van der Waals surface area contributed by atoms with Crippen molar-refractivity contribution >= 4 is 34.8 Å². The van der Waals surface area contributed by atoms with Crippen LogP contribution in [0, 0.1) is 12.8 Å². The van der Waals surface area contributed by atoms with Gasteiger partial charge in [0.15, 0.2) is 18.1 Å². The second-order valence-corrected chi connectivity index (χ2v) is 8.71. The summed E-state index contributed by atoms with van der Waals surface area (Å²) in [5.41, 5.74) is 8.23. The van der Waals surface area contributed by atoms with Crippen molar-refractivity contribution < 1.29 is 28.6 Å². The lowest BCUT2D eigenvalue weighted by atomic mass is 10.1. The number of anilines is 3. The molecule has 3 amide bonds. The molecule has 1 atom stereocenters. The number of carbonyl (C=O) groups excluding carboxylic acids is 3. The molecule has 38 heavy (non-hydrogen) atoms. The highest BCUT2D eigenvalue weighted by atomic mass is 16.5. The first-order valence-corrected chi connectivity index (χ1v) is 12.0. The normalized spacial score (nSPS) is 14.6. The first-order chi connectivity index (χ1) is 18.4. The summed E-state index contributed by atoms with van der Waals surface area (Å²) in [5.74, 6) is -0.0498. The zero-order chi connectivity index (χ0) is 27.1. The Bertz CT molecular complexity index is 1310. The van der Waals surface area contributed by atoms with Crippen molar-refractivity contribution in [3.8, 4) is 17.2 Å². The fraction of sp³-hybridized carbons (Fsp3) is 0.250. The summed E-state index contributed by atoms with van der Waals surface area (Å²) in [6.07, 6.45) is 0.0834. The van der Waals surface area contributed by atoms with Crippen LogP contribution in [0.5, 0.6) is 17.2 Å². The molecule has 1 heterocycles. The number of hydrogen-bond acceptors (Lipinski definition) is 7. The Balaban J connectivity index is 1.37. The molecule has 0 spiro atoms. The van der Waals surface area contributed by atoms with E-state index >= 15 is 0 Å². The Morgan fingerprint density at radius 2 is 1.68 bits per heavy atom. The van der Waals surface area contributed by atoms with Crippen LogP contribution in [0.4, 0.5) is 17.1 Å². The summed E-state index contributed by atoms with van der Waals surface area (Å²) in [5, 5.41) is 2.81. The van der Waals surface area contributed by atoms with Crippen LogP contribution >= 0.6 is 0 Å². The molecule has 0 bridgehead atoms.